The summed E-state index contributed by atoms with van der Waals surface area (Å²) in [5, 5.41) is 0. The van der Waals surface area contributed by atoms with Gasteiger partial charge < -0.3 is 14.5 Å². The van der Waals surface area contributed by atoms with Crippen molar-refractivity contribution in [2.24, 2.45) is 0 Å². The fourth-order valence-electron chi connectivity index (χ4n) is 2.71. The van der Waals surface area contributed by atoms with E-state index in [0.29, 0.717) is 16.8 Å². The van der Waals surface area contributed by atoms with E-state index in [1.807, 2.05) is 0 Å². The minimum absolute atomic E-state index is 0.0784. The lowest BCUT2D eigenvalue weighted by Crippen LogP contribution is -2.28. The summed E-state index contributed by atoms with van der Waals surface area (Å²) in [4.78, 5) is 38.9. The predicted octanol–water partition coefficient (Wildman–Crippen LogP) is 3.17. The van der Waals surface area contributed by atoms with E-state index in [1.165, 1.54) is 32.0 Å². The zero-order valence-electron chi connectivity index (χ0n) is 15.0. The maximum atomic E-state index is 13.4. The number of hydrogen-bond donors (Lipinski definition) is 1. The number of H-pyrrole nitrogens is 1. The van der Waals surface area contributed by atoms with Crippen LogP contribution in [0.4, 0.5) is 4.39 Å². The molecule has 0 amide bonds. The van der Waals surface area contributed by atoms with Crippen molar-refractivity contribution in [2.45, 2.75) is 33.8 Å². The average molecular weight is 361 g/mol. The first-order valence-corrected chi connectivity index (χ1v) is 8.03. The summed E-state index contributed by atoms with van der Waals surface area (Å²) < 4.78 is 23.5. The second-order valence-electron chi connectivity index (χ2n) is 5.90. The molecule has 2 rings (SSSR count). The summed E-state index contributed by atoms with van der Waals surface area (Å²) in [7, 11) is 0. The molecule has 0 radical (unpaired) electrons. The van der Waals surface area contributed by atoms with Crippen molar-refractivity contribution in [3.63, 3.8) is 0 Å². The van der Waals surface area contributed by atoms with Gasteiger partial charge in [0.25, 0.3) is 0 Å². The summed E-state index contributed by atoms with van der Waals surface area (Å²) in [6.07, 6.45) is -1.08. The third-order valence-electron chi connectivity index (χ3n) is 3.90. The zero-order chi connectivity index (χ0) is 19.4. The van der Waals surface area contributed by atoms with E-state index in [0.717, 1.165) is 0 Å². The number of carbonyl (C=O) groups is 3. The first-order valence-electron chi connectivity index (χ1n) is 8.03. The highest BCUT2D eigenvalue weighted by molar-refractivity contribution is 6.05. The molecule has 0 saturated heterocycles. The molecule has 0 bridgehead atoms. The van der Waals surface area contributed by atoms with Crippen molar-refractivity contribution in [1.82, 2.24) is 4.98 Å². The number of halogens is 1. The number of ketones is 2. The summed E-state index contributed by atoms with van der Waals surface area (Å²) in [5.41, 5.74) is 1.78. The van der Waals surface area contributed by atoms with Gasteiger partial charge >= 0.3 is 5.97 Å². The highest BCUT2D eigenvalue weighted by atomic mass is 19.1. The van der Waals surface area contributed by atoms with Gasteiger partial charge in [-0.3, -0.25) is 9.59 Å². The van der Waals surface area contributed by atoms with Crippen molar-refractivity contribution in [1.29, 1.82) is 0 Å². The van der Waals surface area contributed by atoms with E-state index < -0.39 is 30.3 Å². The van der Waals surface area contributed by atoms with E-state index in [9.17, 15) is 18.8 Å². The van der Waals surface area contributed by atoms with Gasteiger partial charge in [-0.25, -0.2) is 9.18 Å². The Morgan fingerprint density at radius 2 is 1.85 bits per heavy atom. The standard InChI is InChI=1S/C19H20FNO5/c1-10-17(12(3)22)11(2)21-18(10)19(24)13(4)26-16(23)9-25-15-8-6-5-7-14(15)20/h5-8,13,21H,9H2,1-4H3/t13-/m0/s1. The predicted molar refractivity (Wildman–Crippen MR) is 92.1 cm³/mol. The maximum absolute atomic E-state index is 13.4. The van der Waals surface area contributed by atoms with Crippen LogP contribution in [0.2, 0.25) is 0 Å². The van der Waals surface area contributed by atoms with E-state index in [1.54, 1.807) is 19.9 Å². The third-order valence-corrected chi connectivity index (χ3v) is 3.90. The summed E-state index contributed by atoms with van der Waals surface area (Å²) in [6, 6.07) is 5.65. The van der Waals surface area contributed by atoms with Crippen molar-refractivity contribution in [3.05, 3.63) is 52.6 Å². The molecule has 6 nitrogen and oxygen atoms in total. The van der Waals surface area contributed by atoms with Gasteiger partial charge in [0.15, 0.2) is 30.1 Å². The van der Waals surface area contributed by atoms with Crippen LogP contribution in [0.3, 0.4) is 0 Å². The number of rotatable bonds is 7. The SMILES string of the molecule is CC(=O)c1c(C)[nH]c(C(=O)[C@H](C)OC(=O)COc2ccccc2F)c1C. The first-order chi connectivity index (χ1) is 12.2. The summed E-state index contributed by atoms with van der Waals surface area (Å²) in [6.45, 7) is 5.66. The molecule has 0 aliphatic carbocycles. The molecule has 7 heteroatoms. The monoisotopic (exact) mass is 361 g/mol. The molecule has 1 atom stereocenters. The van der Waals surface area contributed by atoms with E-state index in [2.05, 4.69) is 4.98 Å². The summed E-state index contributed by atoms with van der Waals surface area (Å²) >= 11 is 0. The molecule has 1 aromatic carbocycles. The van der Waals surface area contributed by atoms with Gasteiger partial charge in [0.05, 0.1) is 5.69 Å². The Morgan fingerprint density at radius 1 is 1.19 bits per heavy atom. The normalized spacial score (nSPS) is 11.7. The van der Waals surface area contributed by atoms with Crippen LogP contribution in [0.5, 0.6) is 5.75 Å². The number of aromatic amines is 1. The van der Waals surface area contributed by atoms with Crippen LogP contribution >= 0.6 is 0 Å². The van der Waals surface area contributed by atoms with E-state index in [-0.39, 0.29) is 17.2 Å². The maximum Gasteiger partial charge on any atom is 0.344 e. The quantitative estimate of drug-likeness (QED) is 0.605. The number of aryl methyl sites for hydroxylation is 1. The Bertz CT molecular complexity index is 856. The minimum Gasteiger partial charge on any atom is -0.479 e. The minimum atomic E-state index is -1.08. The Kier molecular flexibility index (Phi) is 5.92. The van der Waals surface area contributed by atoms with Gasteiger partial charge in [-0.15, -0.1) is 0 Å². The van der Waals surface area contributed by atoms with Crippen molar-refractivity contribution in [3.8, 4) is 5.75 Å². The van der Waals surface area contributed by atoms with Crippen LogP contribution in [0, 0.1) is 19.7 Å². The zero-order valence-corrected chi connectivity index (χ0v) is 15.0. The number of hydrogen-bond acceptors (Lipinski definition) is 5. The van der Waals surface area contributed by atoms with E-state index >= 15 is 0 Å². The van der Waals surface area contributed by atoms with Gasteiger partial charge in [-0.1, -0.05) is 12.1 Å². The Morgan fingerprint density at radius 3 is 2.42 bits per heavy atom. The van der Waals surface area contributed by atoms with Crippen molar-refractivity contribution in [2.75, 3.05) is 6.61 Å². The number of ether oxygens (including phenoxy) is 2. The highest BCUT2D eigenvalue weighted by Crippen LogP contribution is 2.20. The molecular weight excluding hydrogens is 341 g/mol. The van der Waals surface area contributed by atoms with Crippen molar-refractivity contribution < 1.29 is 28.2 Å². The molecule has 0 saturated carbocycles. The van der Waals surface area contributed by atoms with Crippen LogP contribution < -0.4 is 4.74 Å². The van der Waals surface area contributed by atoms with Crippen LogP contribution in [0.15, 0.2) is 24.3 Å². The van der Waals surface area contributed by atoms with Crippen LogP contribution in [-0.2, 0) is 9.53 Å². The average Bonchev–Trinajstić information content (AvgIpc) is 2.87. The molecule has 1 aromatic heterocycles. The Hall–Kier alpha value is -2.96. The lowest BCUT2D eigenvalue weighted by molar-refractivity contribution is -0.148. The molecule has 0 aliphatic heterocycles. The lowest BCUT2D eigenvalue weighted by Gasteiger charge is -2.13. The molecule has 0 unspecified atom stereocenters. The van der Waals surface area contributed by atoms with E-state index in [4.69, 9.17) is 9.47 Å². The molecule has 26 heavy (non-hydrogen) atoms. The van der Waals surface area contributed by atoms with Crippen LogP contribution in [0.1, 0.15) is 46.0 Å². The van der Waals surface area contributed by atoms with Crippen LogP contribution in [0.25, 0.3) is 0 Å². The van der Waals surface area contributed by atoms with Gasteiger partial charge in [0, 0.05) is 11.3 Å². The molecule has 138 valence electrons. The third kappa shape index (κ3) is 4.17. The molecular formula is C19H20FNO5. The molecule has 0 aliphatic rings. The second kappa shape index (κ2) is 7.95. The molecule has 0 spiro atoms. The second-order valence-corrected chi connectivity index (χ2v) is 5.90. The highest BCUT2D eigenvalue weighted by Gasteiger charge is 2.26. The number of para-hydroxylation sites is 1. The molecule has 2 aromatic rings. The number of nitrogens with one attached hydrogen (secondary N) is 1. The van der Waals surface area contributed by atoms with Gasteiger partial charge in [-0.2, -0.15) is 0 Å². The largest absolute Gasteiger partial charge is 0.479 e. The first kappa shape index (κ1) is 19.4. The lowest BCUT2D eigenvalue weighted by atomic mass is 10.0. The number of benzene rings is 1. The van der Waals surface area contributed by atoms with Crippen LogP contribution in [-0.4, -0.2) is 35.2 Å². The Labute approximate surface area is 150 Å². The fourth-order valence-corrected chi connectivity index (χ4v) is 2.71. The summed E-state index contributed by atoms with van der Waals surface area (Å²) in [5.74, 6) is -2.10. The smallest absolute Gasteiger partial charge is 0.344 e. The van der Waals surface area contributed by atoms with Gasteiger partial charge in [0.2, 0.25) is 5.78 Å². The van der Waals surface area contributed by atoms with Gasteiger partial charge in [-0.05, 0) is 45.4 Å². The number of esters is 1. The molecule has 0 fully saturated rings. The Balaban J connectivity index is 2.01. The number of aromatic nitrogens is 1. The van der Waals surface area contributed by atoms with Gasteiger partial charge in [0.1, 0.15) is 0 Å². The number of Topliss-reactive ketones (excluding diaryl/α,β-unsaturated/α-hetero) is 2. The number of carbonyl (C=O) groups excluding carboxylic acids is 3. The topological polar surface area (TPSA) is 85.5 Å². The fraction of sp³-hybridized carbons (Fsp3) is 0.316. The molecule has 1 heterocycles. The van der Waals surface area contributed by atoms with Crippen molar-refractivity contribution >= 4 is 17.5 Å². The molecule has 1 N–H and O–H groups in total.